The normalized spacial score (nSPS) is 16.6. The molecule has 0 fully saturated rings. The Kier molecular flexibility index (Phi) is 10.4. The number of hydrogen-bond acceptors (Lipinski definition) is 4. The molecule has 0 N–H and O–H groups in total. The van der Waals surface area contributed by atoms with E-state index in [0.717, 1.165) is 12.8 Å². The molecule has 2 atom stereocenters. The number of ether oxygens (including phenoxy) is 3. The van der Waals surface area contributed by atoms with Crippen molar-refractivity contribution in [2.45, 2.75) is 88.4 Å². The SMILES string of the molecule is C=C(C=CC(=CCC)OC(=O)C(C)(CC(C)(C)C)C(C)(C)C)OC(OC)C(C)C. The van der Waals surface area contributed by atoms with Crippen LogP contribution in [0.4, 0.5) is 0 Å². The molecule has 29 heavy (non-hydrogen) atoms. The molecule has 168 valence electrons. The lowest BCUT2D eigenvalue weighted by molar-refractivity contribution is -0.159. The van der Waals surface area contributed by atoms with E-state index in [9.17, 15) is 4.79 Å². The van der Waals surface area contributed by atoms with Crippen LogP contribution in [0.2, 0.25) is 0 Å². The van der Waals surface area contributed by atoms with Gasteiger partial charge in [0.05, 0.1) is 5.41 Å². The van der Waals surface area contributed by atoms with E-state index in [0.29, 0.717) is 11.5 Å². The number of hydrogen-bond donors (Lipinski definition) is 0. The maximum atomic E-state index is 13.3. The Balaban J connectivity index is 5.49. The molecule has 0 spiro atoms. The smallest absolute Gasteiger partial charge is 0.317 e. The van der Waals surface area contributed by atoms with E-state index in [1.54, 1.807) is 19.3 Å². The summed E-state index contributed by atoms with van der Waals surface area (Å²) in [5, 5.41) is 0. The van der Waals surface area contributed by atoms with Crippen molar-refractivity contribution in [3.8, 4) is 0 Å². The minimum absolute atomic E-state index is 0.000337. The summed E-state index contributed by atoms with van der Waals surface area (Å²) < 4.78 is 16.9. The Labute approximate surface area is 179 Å². The minimum atomic E-state index is -0.627. The molecule has 0 aliphatic rings. The first kappa shape index (κ1) is 27.5. The molecule has 4 nitrogen and oxygen atoms in total. The summed E-state index contributed by atoms with van der Waals surface area (Å²) in [7, 11) is 1.61. The maximum Gasteiger partial charge on any atom is 0.317 e. The zero-order valence-electron chi connectivity index (χ0n) is 20.6. The molecule has 0 saturated heterocycles. The third kappa shape index (κ3) is 9.20. The van der Waals surface area contributed by atoms with Gasteiger partial charge < -0.3 is 14.2 Å². The first-order valence-corrected chi connectivity index (χ1v) is 10.6. The monoisotopic (exact) mass is 408 g/mol. The van der Waals surface area contributed by atoms with Crippen LogP contribution in [-0.4, -0.2) is 19.4 Å². The fourth-order valence-corrected chi connectivity index (χ4v) is 3.09. The minimum Gasteiger partial charge on any atom is -0.465 e. The van der Waals surface area contributed by atoms with Crippen molar-refractivity contribution < 1.29 is 19.0 Å². The van der Waals surface area contributed by atoms with Crippen LogP contribution in [0.25, 0.3) is 0 Å². The second-order valence-electron chi connectivity index (χ2n) is 10.5. The Bertz CT molecular complexity index is 599. The van der Waals surface area contributed by atoms with Crippen LogP contribution in [0.1, 0.15) is 82.1 Å². The Morgan fingerprint density at radius 1 is 1.03 bits per heavy atom. The van der Waals surface area contributed by atoms with E-state index in [2.05, 4.69) is 48.1 Å². The van der Waals surface area contributed by atoms with E-state index < -0.39 is 5.41 Å². The van der Waals surface area contributed by atoms with E-state index in [1.807, 2.05) is 33.8 Å². The van der Waals surface area contributed by atoms with Gasteiger partial charge in [0.2, 0.25) is 6.29 Å². The topological polar surface area (TPSA) is 44.8 Å². The Hall–Kier alpha value is -1.55. The van der Waals surface area contributed by atoms with Gasteiger partial charge in [-0.2, -0.15) is 0 Å². The third-order valence-electron chi connectivity index (χ3n) is 5.08. The second kappa shape index (κ2) is 11.0. The molecular formula is C25H44O4. The average Bonchev–Trinajstić information content (AvgIpc) is 2.54. The van der Waals surface area contributed by atoms with Gasteiger partial charge in [0, 0.05) is 13.0 Å². The molecule has 0 radical (unpaired) electrons. The molecule has 0 saturated carbocycles. The van der Waals surface area contributed by atoms with E-state index in [1.165, 1.54) is 0 Å². The number of methoxy groups -OCH3 is 1. The van der Waals surface area contributed by atoms with Crippen molar-refractivity contribution in [3.05, 3.63) is 36.3 Å². The highest BCUT2D eigenvalue weighted by Gasteiger charge is 2.48. The lowest BCUT2D eigenvalue weighted by atomic mass is 9.61. The second-order valence-corrected chi connectivity index (χ2v) is 10.5. The summed E-state index contributed by atoms with van der Waals surface area (Å²) in [5.74, 6) is 0.938. The predicted octanol–water partition coefficient (Wildman–Crippen LogP) is 7.03. The molecule has 0 heterocycles. The van der Waals surface area contributed by atoms with Crippen LogP contribution in [0.15, 0.2) is 36.3 Å². The zero-order chi connectivity index (χ0) is 23.0. The molecule has 0 rings (SSSR count). The molecule has 0 bridgehead atoms. The number of esters is 1. The quantitative estimate of drug-likeness (QED) is 0.168. The highest BCUT2D eigenvalue weighted by atomic mass is 16.7. The summed E-state index contributed by atoms with van der Waals surface area (Å²) in [5.41, 5.74) is -0.869. The first-order valence-electron chi connectivity index (χ1n) is 10.6. The Morgan fingerprint density at radius 3 is 1.97 bits per heavy atom. The van der Waals surface area contributed by atoms with Crippen molar-refractivity contribution in [1.29, 1.82) is 0 Å². The van der Waals surface area contributed by atoms with Gasteiger partial charge in [-0.1, -0.05) is 68.9 Å². The molecule has 0 aliphatic heterocycles. The van der Waals surface area contributed by atoms with Crippen molar-refractivity contribution in [3.63, 3.8) is 0 Å². The van der Waals surface area contributed by atoms with Crippen LogP contribution in [0.3, 0.4) is 0 Å². The van der Waals surface area contributed by atoms with Crippen LogP contribution in [-0.2, 0) is 19.0 Å². The van der Waals surface area contributed by atoms with E-state index >= 15 is 0 Å². The summed E-state index contributed by atoms with van der Waals surface area (Å²) in [6.45, 7) is 24.7. The molecule has 2 unspecified atom stereocenters. The highest BCUT2D eigenvalue weighted by molar-refractivity contribution is 5.78. The van der Waals surface area contributed by atoms with Gasteiger partial charge in [0.1, 0.15) is 11.5 Å². The Morgan fingerprint density at radius 2 is 1.59 bits per heavy atom. The molecule has 0 amide bonds. The molecule has 0 aromatic rings. The summed E-state index contributed by atoms with van der Waals surface area (Å²) in [4.78, 5) is 13.3. The molecule has 0 aromatic carbocycles. The number of allylic oxidation sites excluding steroid dienone is 3. The van der Waals surface area contributed by atoms with Crippen LogP contribution in [0, 0.1) is 22.2 Å². The number of rotatable bonds is 10. The molecule has 0 aliphatic carbocycles. The molecule has 4 heteroatoms. The van der Waals surface area contributed by atoms with Gasteiger partial charge in [0.25, 0.3) is 0 Å². The predicted molar refractivity (Wildman–Crippen MR) is 121 cm³/mol. The van der Waals surface area contributed by atoms with Crippen LogP contribution >= 0.6 is 0 Å². The van der Waals surface area contributed by atoms with Gasteiger partial charge >= 0.3 is 5.97 Å². The fraction of sp³-hybridized carbons (Fsp3) is 0.720. The average molecular weight is 409 g/mol. The summed E-state index contributed by atoms with van der Waals surface area (Å²) >= 11 is 0. The van der Waals surface area contributed by atoms with Crippen LogP contribution < -0.4 is 0 Å². The van der Waals surface area contributed by atoms with Crippen LogP contribution in [0.5, 0.6) is 0 Å². The van der Waals surface area contributed by atoms with Crippen molar-refractivity contribution >= 4 is 5.97 Å². The molecule has 0 aromatic heterocycles. The van der Waals surface area contributed by atoms with Crippen molar-refractivity contribution in [2.75, 3.05) is 7.11 Å². The van der Waals surface area contributed by atoms with Gasteiger partial charge in [-0.25, -0.2) is 0 Å². The number of carbonyl (C=O) groups is 1. The zero-order valence-corrected chi connectivity index (χ0v) is 20.6. The molecular weight excluding hydrogens is 364 g/mol. The van der Waals surface area contributed by atoms with E-state index in [-0.39, 0.29) is 29.0 Å². The van der Waals surface area contributed by atoms with Crippen molar-refractivity contribution in [1.82, 2.24) is 0 Å². The van der Waals surface area contributed by atoms with Gasteiger partial charge in [-0.15, -0.1) is 0 Å². The lowest BCUT2D eigenvalue weighted by Crippen LogP contribution is -2.44. The van der Waals surface area contributed by atoms with Crippen molar-refractivity contribution in [2.24, 2.45) is 22.2 Å². The highest BCUT2D eigenvalue weighted by Crippen LogP contribution is 2.47. The number of carbonyl (C=O) groups excluding carboxylic acids is 1. The largest absolute Gasteiger partial charge is 0.465 e. The fourth-order valence-electron chi connectivity index (χ4n) is 3.09. The summed E-state index contributed by atoms with van der Waals surface area (Å²) in [6.07, 6.45) is 6.43. The summed E-state index contributed by atoms with van der Waals surface area (Å²) in [6, 6.07) is 0. The standard InChI is InChI=1S/C25H44O4/c1-13-14-20(16-15-19(4)28-21(27-12)18(2)3)29-22(26)25(11,24(8,9)10)17-23(5,6)7/h14-16,18,21H,4,13,17H2,1-3,5-12H3. The van der Waals surface area contributed by atoms with Gasteiger partial charge in [-0.3, -0.25) is 4.79 Å². The van der Waals surface area contributed by atoms with Gasteiger partial charge in [0.15, 0.2) is 0 Å². The first-order chi connectivity index (χ1) is 13.1. The lowest BCUT2D eigenvalue weighted by Gasteiger charge is -2.43. The van der Waals surface area contributed by atoms with E-state index in [4.69, 9.17) is 14.2 Å². The van der Waals surface area contributed by atoms with Gasteiger partial charge in [-0.05, 0) is 48.8 Å². The third-order valence-corrected chi connectivity index (χ3v) is 5.08. The maximum absolute atomic E-state index is 13.3.